The highest BCUT2D eigenvalue weighted by Gasteiger charge is 2.28. The maximum Gasteiger partial charge on any atom is 0.0416 e. The Morgan fingerprint density at radius 1 is 1.39 bits per heavy atom. The van der Waals surface area contributed by atoms with E-state index < -0.39 is 0 Å². The Bertz CT molecular complexity index is 352. The van der Waals surface area contributed by atoms with Crippen LogP contribution in [0.1, 0.15) is 26.0 Å². The Kier molecular flexibility index (Phi) is 4.72. The molecule has 0 radical (unpaired) electrons. The van der Waals surface area contributed by atoms with Crippen molar-refractivity contribution in [2.75, 3.05) is 20.1 Å². The van der Waals surface area contributed by atoms with Crippen molar-refractivity contribution in [2.45, 2.75) is 38.8 Å². The van der Waals surface area contributed by atoms with Crippen molar-refractivity contribution in [3.8, 4) is 0 Å². The van der Waals surface area contributed by atoms with Crippen molar-refractivity contribution >= 4 is 0 Å². The zero-order chi connectivity index (χ0) is 13.0. The van der Waals surface area contributed by atoms with Crippen LogP contribution in [-0.4, -0.2) is 42.1 Å². The van der Waals surface area contributed by atoms with Crippen molar-refractivity contribution in [1.82, 2.24) is 15.2 Å². The van der Waals surface area contributed by atoms with Gasteiger partial charge in [0, 0.05) is 43.5 Å². The Morgan fingerprint density at radius 3 is 2.94 bits per heavy atom. The summed E-state index contributed by atoms with van der Waals surface area (Å²) >= 11 is 0. The van der Waals surface area contributed by atoms with Gasteiger partial charge in [-0.15, -0.1) is 0 Å². The average molecular weight is 247 g/mol. The summed E-state index contributed by atoms with van der Waals surface area (Å²) in [6, 6.07) is 7.47. The normalized spacial score (nSPS) is 29.4. The fourth-order valence-corrected chi connectivity index (χ4v) is 2.76. The number of pyridine rings is 1. The van der Waals surface area contributed by atoms with Gasteiger partial charge in [-0.25, -0.2) is 0 Å². The van der Waals surface area contributed by atoms with Crippen LogP contribution in [0.3, 0.4) is 0 Å². The van der Waals surface area contributed by atoms with Gasteiger partial charge in [0.05, 0.1) is 0 Å². The van der Waals surface area contributed by atoms with Gasteiger partial charge in [0.25, 0.3) is 0 Å². The van der Waals surface area contributed by atoms with E-state index in [0.717, 1.165) is 18.9 Å². The highest BCUT2D eigenvalue weighted by atomic mass is 15.2. The first-order valence-corrected chi connectivity index (χ1v) is 7.00. The molecule has 18 heavy (non-hydrogen) atoms. The van der Waals surface area contributed by atoms with Crippen molar-refractivity contribution in [3.63, 3.8) is 0 Å². The van der Waals surface area contributed by atoms with E-state index in [-0.39, 0.29) is 0 Å². The lowest BCUT2D eigenvalue weighted by Gasteiger charge is -2.40. The molecule has 1 aromatic heterocycles. The maximum atomic E-state index is 4.36. The van der Waals surface area contributed by atoms with E-state index in [1.54, 1.807) is 0 Å². The molecule has 3 heteroatoms. The van der Waals surface area contributed by atoms with Crippen LogP contribution in [0.25, 0.3) is 0 Å². The molecule has 1 aliphatic heterocycles. The van der Waals surface area contributed by atoms with Gasteiger partial charge in [-0.1, -0.05) is 13.0 Å². The van der Waals surface area contributed by atoms with E-state index in [1.165, 1.54) is 18.7 Å². The van der Waals surface area contributed by atoms with Crippen LogP contribution < -0.4 is 5.32 Å². The molecular weight excluding hydrogens is 222 g/mol. The minimum absolute atomic E-state index is 0.653. The predicted molar refractivity (Wildman–Crippen MR) is 75.6 cm³/mol. The van der Waals surface area contributed by atoms with E-state index in [2.05, 4.69) is 48.2 Å². The summed E-state index contributed by atoms with van der Waals surface area (Å²) in [6.45, 7) is 6.89. The second-order valence-corrected chi connectivity index (χ2v) is 5.63. The zero-order valence-electron chi connectivity index (χ0n) is 11.8. The Morgan fingerprint density at radius 2 is 2.22 bits per heavy atom. The van der Waals surface area contributed by atoms with Gasteiger partial charge in [-0.3, -0.25) is 4.98 Å². The molecule has 0 bridgehead atoms. The van der Waals surface area contributed by atoms with Gasteiger partial charge in [0.15, 0.2) is 0 Å². The van der Waals surface area contributed by atoms with E-state index in [9.17, 15) is 0 Å². The van der Waals surface area contributed by atoms with Crippen LogP contribution in [0, 0.1) is 5.92 Å². The topological polar surface area (TPSA) is 28.2 Å². The van der Waals surface area contributed by atoms with Crippen molar-refractivity contribution in [1.29, 1.82) is 0 Å². The lowest BCUT2D eigenvalue weighted by molar-refractivity contribution is 0.122. The molecule has 3 atom stereocenters. The van der Waals surface area contributed by atoms with Crippen LogP contribution in [-0.2, 0) is 6.42 Å². The molecule has 0 aromatic carbocycles. The molecule has 3 nitrogen and oxygen atoms in total. The minimum Gasteiger partial charge on any atom is -0.313 e. The lowest BCUT2D eigenvalue weighted by Crippen LogP contribution is -2.51. The molecular formula is C15H25N3. The number of likely N-dealkylation sites (tertiary alicyclic amines) is 1. The molecule has 1 N–H and O–H groups in total. The van der Waals surface area contributed by atoms with Gasteiger partial charge in [-0.05, 0) is 38.4 Å². The number of rotatable bonds is 4. The van der Waals surface area contributed by atoms with E-state index in [0.29, 0.717) is 12.1 Å². The summed E-state index contributed by atoms with van der Waals surface area (Å²) in [4.78, 5) is 6.82. The number of hydrogen-bond donors (Lipinski definition) is 1. The van der Waals surface area contributed by atoms with Crippen LogP contribution in [0.5, 0.6) is 0 Å². The van der Waals surface area contributed by atoms with Gasteiger partial charge in [0.1, 0.15) is 0 Å². The predicted octanol–water partition coefficient (Wildman–Crippen LogP) is 1.94. The molecule has 2 rings (SSSR count). The highest BCUT2D eigenvalue weighted by Crippen LogP contribution is 2.20. The summed E-state index contributed by atoms with van der Waals surface area (Å²) < 4.78 is 0. The molecule has 3 unspecified atom stereocenters. The van der Waals surface area contributed by atoms with Crippen LogP contribution in [0.4, 0.5) is 0 Å². The van der Waals surface area contributed by atoms with Crippen LogP contribution in [0.2, 0.25) is 0 Å². The number of nitrogens with one attached hydrogen (secondary N) is 1. The quantitative estimate of drug-likeness (QED) is 0.881. The van der Waals surface area contributed by atoms with Crippen molar-refractivity contribution in [2.24, 2.45) is 5.92 Å². The van der Waals surface area contributed by atoms with E-state index >= 15 is 0 Å². The molecule has 0 saturated carbocycles. The third-order valence-corrected chi connectivity index (χ3v) is 4.12. The minimum atomic E-state index is 0.653. The van der Waals surface area contributed by atoms with Gasteiger partial charge in [0.2, 0.25) is 0 Å². The smallest absolute Gasteiger partial charge is 0.0416 e. The van der Waals surface area contributed by atoms with Crippen LogP contribution >= 0.6 is 0 Å². The molecule has 2 heterocycles. The molecule has 1 aromatic rings. The monoisotopic (exact) mass is 247 g/mol. The number of nitrogens with zero attached hydrogens (tertiary/aromatic N) is 2. The summed E-state index contributed by atoms with van der Waals surface area (Å²) in [7, 11) is 2.23. The third kappa shape index (κ3) is 3.53. The first-order chi connectivity index (χ1) is 8.66. The van der Waals surface area contributed by atoms with Crippen LogP contribution in [0.15, 0.2) is 24.4 Å². The Balaban J connectivity index is 1.76. The molecule has 100 valence electrons. The van der Waals surface area contributed by atoms with Crippen molar-refractivity contribution < 1.29 is 0 Å². The Hall–Kier alpha value is -0.930. The van der Waals surface area contributed by atoms with Gasteiger partial charge < -0.3 is 10.2 Å². The first kappa shape index (κ1) is 13.5. The summed E-state index contributed by atoms with van der Waals surface area (Å²) in [5.74, 6) is 0.731. The van der Waals surface area contributed by atoms with Gasteiger partial charge >= 0.3 is 0 Å². The fraction of sp³-hybridized carbons (Fsp3) is 0.667. The number of aromatic nitrogens is 1. The standard InChI is InChI=1S/C15H25N3/c1-12-11-18(3)13(2)10-15(12)17-9-7-14-6-4-5-8-16-14/h4-6,8,12-13,15,17H,7,9-11H2,1-3H3. The maximum absolute atomic E-state index is 4.36. The summed E-state index contributed by atoms with van der Waals surface area (Å²) in [6.07, 6.45) is 4.14. The third-order valence-electron chi connectivity index (χ3n) is 4.12. The van der Waals surface area contributed by atoms with Crippen molar-refractivity contribution in [3.05, 3.63) is 30.1 Å². The number of piperidine rings is 1. The Labute approximate surface area is 111 Å². The largest absolute Gasteiger partial charge is 0.313 e. The summed E-state index contributed by atoms with van der Waals surface area (Å²) in [5.41, 5.74) is 1.18. The van der Waals surface area contributed by atoms with E-state index in [4.69, 9.17) is 0 Å². The van der Waals surface area contributed by atoms with Gasteiger partial charge in [-0.2, -0.15) is 0 Å². The lowest BCUT2D eigenvalue weighted by atomic mass is 9.90. The zero-order valence-corrected chi connectivity index (χ0v) is 11.8. The fourth-order valence-electron chi connectivity index (χ4n) is 2.76. The molecule has 0 aliphatic carbocycles. The first-order valence-electron chi connectivity index (χ1n) is 7.00. The second-order valence-electron chi connectivity index (χ2n) is 5.63. The molecule has 1 fully saturated rings. The summed E-state index contributed by atoms with van der Waals surface area (Å²) in [5, 5.41) is 3.70. The highest BCUT2D eigenvalue weighted by molar-refractivity contribution is 5.03. The molecule has 1 aliphatic rings. The second kappa shape index (κ2) is 6.30. The number of hydrogen-bond acceptors (Lipinski definition) is 3. The van der Waals surface area contributed by atoms with E-state index in [1.807, 2.05) is 12.3 Å². The molecule has 0 amide bonds. The molecule has 0 spiro atoms. The molecule has 1 saturated heterocycles. The average Bonchev–Trinajstić information content (AvgIpc) is 2.37. The SMILES string of the molecule is CC1CN(C)C(C)CC1NCCc1ccccn1.